The van der Waals surface area contributed by atoms with Gasteiger partial charge in [0.2, 0.25) is 0 Å². The molecular weight excluding hydrogens is 424 g/mol. The Morgan fingerprint density at radius 3 is 2.67 bits per heavy atom. The van der Waals surface area contributed by atoms with Crippen LogP contribution < -0.4 is 0 Å². The minimum atomic E-state index is -0.731. The first-order valence-corrected chi connectivity index (χ1v) is 11.3. The number of methoxy groups -OCH3 is 1. The number of benzene rings is 2. The summed E-state index contributed by atoms with van der Waals surface area (Å²) in [7, 11) is 1.23. The first kappa shape index (κ1) is 21.5. The number of carbonyl (C=O) groups is 1. The number of nitrogens with zero attached hydrogens (tertiary/aromatic N) is 2. The van der Waals surface area contributed by atoms with E-state index in [4.69, 9.17) is 4.74 Å². The summed E-state index contributed by atoms with van der Waals surface area (Å²) in [6.45, 7) is 2.12. The average molecular weight is 450 g/mol. The highest BCUT2D eigenvalue weighted by molar-refractivity contribution is 6.02. The molecule has 5 rings (SSSR count). The van der Waals surface area contributed by atoms with Crippen LogP contribution in [-0.2, 0) is 4.74 Å². The minimum Gasteiger partial charge on any atom is -0.465 e. The molecule has 2 heterocycles. The van der Waals surface area contributed by atoms with Gasteiger partial charge in [-0.3, -0.25) is 4.98 Å². The molecule has 0 radical (unpaired) electrons. The summed E-state index contributed by atoms with van der Waals surface area (Å²) < 4.78 is 32.9. The average Bonchev–Trinajstić information content (AvgIpc) is 3.27. The summed E-state index contributed by atoms with van der Waals surface area (Å²) >= 11 is 0. The summed E-state index contributed by atoms with van der Waals surface area (Å²) in [6, 6.07) is 9.63. The Morgan fingerprint density at radius 1 is 1.12 bits per heavy atom. The zero-order chi connectivity index (χ0) is 23.1. The number of hydrogen-bond acceptors (Lipinski definition) is 4. The Labute approximate surface area is 190 Å². The third-order valence-corrected chi connectivity index (χ3v) is 7.10. The molecule has 7 heteroatoms. The van der Waals surface area contributed by atoms with Gasteiger partial charge in [-0.15, -0.1) is 0 Å². The molecule has 0 bridgehead atoms. The highest BCUT2D eigenvalue weighted by Crippen LogP contribution is 2.43. The number of halogens is 2. The van der Waals surface area contributed by atoms with Crippen molar-refractivity contribution in [2.45, 2.75) is 44.4 Å². The topological polar surface area (TPSA) is 67.9 Å². The number of hydrogen-bond donors (Lipinski definition) is 1. The van der Waals surface area contributed by atoms with Crippen LogP contribution in [0.1, 0.15) is 66.2 Å². The van der Waals surface area contributed by atoms with Crippen molar-refractivity contribution >= 4 is 27.9 Å². The highest BCUT2D eigenvalue weighted by Gasteiger charge is 2.30. The van der Waals surface area contributed by atoms with Gasteiger partial charge in [0.05, 0.1) is 18.1 Å². The van der Waals surface area contributed by atoms with Gasteiger partial charge >= 0.3 is 5.97 Å². The third kappa shape index (κ3) is 3.86. The van der Waals surface area contributed by atoms with E-state index in [9.17, 15) is 13.6 Å². The summed E-state index contributed by atoms with van der Waals surface area (Å²) in [5.74, 6) is 0.0206. The minimum absolute atomic E-state index is 0.124. The van der Waals surface area contributed by atoms with E-state index in [0.717, 1.165) is 48.0 Å². The lowest BCUT2D eigenvalue weighted by molar-refractivity contribution is 0.0597. The molecule has 0 saturated heterocycles. The standard InChI is InChI=1S/C26H25F2N3O2/c1-14(25-30-22-10-8-20(28)23(24(22)31-25)26(32)33-2)15-3-5-16(6-4-15)18-11-12-29-21-9-7-17(27)13-19(18)21/h7-16H,3-6H2,1-2H3,(H,30,31)/t14-,15?,16?/m1/s1. The molecule has 0 aliphatic heterocycles. The van der Waals surface area contributed by atoms with Crippen molar-refractivity contribution in [3.05, 3.63) is 71.2 Å². The van der Waals surface area contributed by atoms with Gasteiger partial charge < -0.3 is 9.72 Å². The van der Waals surface area contributed by atoms with E-state index in [-0.39, 0.29) is 17.3 Å². The largest absolute Gasteiger partial charge is 0.465 e. The number of aromatic amines is 1. The van der Waals surface area contributed by atoms with E-state index >= 15 is 0 Å². The van der Waals surface area contributed by atoms with Crippen molar-refractivity contribution in [3.8, 4) is 0 Å². The van der Waals surface area contributed by atoms with Crippen LogP contribution in [0.15, 0.2) is 42.6 Å². The van der Waals surface area contributed by atoms with Crippen molar-refractivity contribution < 1.29 is 18.3 Å². The van der Waals surface area contributed by atoms with E-state index in [2.05, 4.69) is 21.9 Å². The first-order chi connectivity index (χ1) is 16.0. The Kier molecular flexibility index (Phi) is 5.56. The van der Waals surface area contributed by atoms with Crippen LogP contribution in [0.5, 0.6) is 0 Å². The molecule has 1 fully saturated rings. The second kappa shape index (κ2) is 8.54. The Hall–Kier alpha value is -3.35. The van der Waals surface area contributed by atoms with Crippen LogP contribution >= 0.6 is 0 Å². The number of imidazole rings is 1. The highest BCUT2D eigenvalue weighted by atomic mass is 19.1. The van der Waals surface area contributed by atoms with Crippen molar-refractivity contribution in [3.63, 3.8) is 0 Å². The predicted molar refractivity (Wildman–Crippen MR) is 122 cm³/mol. The van der Waals surface area contributed by atoms with Crippen LogP contribution in [0.3, 0.4) is 0 Å². The fourth-order valence-electron chi connectivity index (χ4n) is 5.23. The molecule has 1 aliphatic rings. The fraction of sp³-hybridized carbons (Fsp3) is 0.346. The molecule has 1 saturated carbocycles. The number of H-pyrrole nitrogens is 1. The number of nitrogens with one attached hydrogen (secondary N) is 1. The van der Waals surface area contributed by atoms with Gasteiger partial charge in [-0.05, 0) is 79.5 Å². The van der Waals surface area contributed by atoms with Gasteiger partial charge in [-0.2, -0.15) is 0 Å². The summed E-state index contributed by atoms with van der Waals surface area (Å²) in [5.41, 5.74) is 2.78. The molecule has 5 nitrogen and oxygen atoms in total. The van der Waals surface area contributed by atoms with E-state index in [0.29, 0.717) is 22.9 Å². The molecule has 33 heavy (non-hydrogen) atoms. The van der Waals surface area contributed by atoms with Gasteiger partial charge in [0.25, 0.3) is 0 Å². The van der Waals surface area contributed by atoms with Crippen LogP contribution in [0.4, 0.5) is 8.78 Å². The van der Waals surface area contributed by atoms with E-state index in [1.165, 1.54) is 19.2 Å². The molecule has 0 amide bonds. The lowest BCUT2D eigenvalue weighted by Gasteiger charge is -2.32. The number of esters is 1. The lowest BCUT2D eigenvalue weighted by atomic mass is 9.73. The molecular formula is C26H25F2N3O2. The maximum absolute atomic E-state index is 14.3. The number of pyridine rings is 1. The Balaban J connectivity index is 1.36. The first-order valence-electron chi connectivity index (χ1n) is 11.3. The third-order valence-electron chi connectivity index (χ3n) is 7.10. The number of carbonyl (C=O) groups excluding carboxylic acids is 1. The number of rotatable bonds is 4. The van der Waals surface area contributed by atoms with Crippen LogP contribution in [0, 0.1) is 17.6 Å². The lowest BCUT2D eigenvalue weighted by Crippen LogP contribution is -2.19. The number of fused-ring (bicyclic) bond motifs is 2. The van der Waals surface area contributed by atoms with Gasteiger partial charge in [-0.25, -0.2) is 18.6 Å². The maximum Gasteiger partial charge on any atom is 0.343 e. The summed E-state index contributed by atoms with van der Waals surface area (Å²) in [4.78, 5) is 24.3. The van der Waals surface area contributed by atoms with Crippen molar-refractivity contribution in [1.29, 1.82) is 0 Å². The molecule has 1 atom stereocenters. The van der Waals surface area contributed by atoms with Gasteiger partial charge in [0.1, 0.15) is 28.5 Å². The molecule has 4 aromatic rings. The SMILES string of the molecule is COC(=O)c1c(F)ccc2[nH]c([C@H](C)C3CCC(c4ccnc5ccc(F)cc45)CC3)nc12. The maximum atomic E-state index is 14.3. The van der Waals surface area contributed by atoms with E-state index < -0.39 is 11.8 Å². The Morgan fingerprint density at radius 2 is 1.91 bits per heavy atom. The van der Waals surface area contributed by atoms with Crippen LogP contribution in [-0.4, -0.2) is 28.0 Å². The molecule has 1 N–H and O–H groups in total. The van der Waals surface area contributed by atoms with Crippen molar-refractivity contribution in [1.82, 2.24) is 15.0 Å². The van der Waals surface area contributed by atoms with E-state index in [1.807, 2.05) is 6.07 Å². The van der Waals surface area contributed by atoms with E-state index in [1.54, 1.807) is 24.4 Å². The molecule has 2 aromatic heterocycles. The zero-order valence-electron chi connectivity index (χ0n) is 18.6. The van der Waals surface area contributed by atoms with Gasteiger partial charge in [0, 0.05) is 17.5 Å². The monoisotopic (exact) mass is 449 g/mol. The summed E-state index contributed by atoms with van der Waals surface area (Å²) in [6.07, 6.45) is 5.79. The molecule has 1 aliphatic carbocycles. The van der Waals surface area contributed by atoms with Gasteiger partial charge in [0.15, 0.2) is 0 Å². The number of aromatic nitrogens is 3. The quantitative estimate of drug-likeness (QED) is 0.374. The predicted octanol–water partition coefficient (Wildman–Crippen LogP) is 6.25. The van der Waals surface area contributed by atoms with Crippen LogP contribution in [0.25, 0.3) is 21.9 Å². The second-order valence-electron chi connectivity index (χ2n) is 8.89. The Bertz CT molecular complexity index is 1340. The fourth-order valence-corrected chi connectivity index (χ4v) is 5.23. The molecule has 170 valence electrons. The van der Waals surface area contributed by atoms with Gasteiger partial charge in [-0.1, -0.05) is 6.92 Å². The molecule has 0 spiro atoms. The normalized spacial score (nSPS) is 19.6. The van der Waals surface area contributed by atoms with Crippen molar-refractivity contribution in [2.24, 2.45) is 5.92 Å². The van der Waals surface area contributed by atoms with Crippen LogP contribution in [0.2, 0.25) is 0 Å². The molecule has 2 aromatic carbocycles. The molecule has 0 unspecified atom stereocenters. The second-order valence-corrected chi connectivity index (χ2v) is 8.89. The smallest absolute Gasteiger partial charge is 0.343 e. The summed E-state index contributed by atoms with van der Waals surface area (Å²) in [5, 5.41) is 0.892. The zero-order valence-corrected chi connectivity index (χ0v) is 18.6. The van der Waals surface area contributed by atoms with Crippen molar-refractivity contribution in [2.75, 3.05) is 7.11 Å². The number of ether oxygens (including phenoxy) is 1.